The fraction of sp³-hybridized carbons (Fsp3) is 0.571. The molecule has 1 unspecified atom stereocenters. The second-order valence-corrected chi connectivity index (χ2v) is 7.14. The van der Waals surface area contributed by atoms with E-state index >= 15 is 0 Å². The number of hydrogen-bond acceptors (Lipinski definition) is 6. The predicted molar refractivity (Wildman–Crippen MR) is 87.8 cm³/mol. The Morgan fingerprint density at radius 3 is 2.78 bits per heavy atom. The van der Waals surface area contributed by atoms with Gasteiger partial charge in [-0.05, 0) is 38.1 Å². The number of hydrogen-bond donors (Lipinski definition) is 2. The van der Waals surface area contributed by atoms with Gasteiger partial charge < -0.3 is 5.32 Å². The van der Waals surface area contributed by atoms with E-state index < -0.39 is 25.5 Å². The summed E-state index contributed by atoms with van der Waals surface area (Å²) in [5.41, 5.74) is -0.308. The molecule has 9 heteroatoms. The molecule has 0 spiro atoms. The topological polar surface area (TPSA) is 119 Å². The molecule has 0 bridgehead atoms. The Hall–Kier alpha value is -1.71. The smallest absolute Gasteiger partial charge is 0.312 e. The standard InChI is InChI=1S/C14H22N4O4S/c1-2-17-9-4-3-6-11(17)10-16-12-7-5-8-13(23(15,21)22)14(12)18(19)20/h5,7-8,11,16H,2-4,6,9-10H2,1H3,(H2,15,21,22). The van der Waals surface area contributed by atoms with Crippen LogP contribution in [0.2, 0.25) is 0 Å². The molecule has 1 saturated heterocycles. The first-order chi connectivity index (χ1) is 10.8. The minimum Gasteiger partial charge on any atom is -0.378 e. The SMILES string of the molecule is CCN1CCCCC1CNc1cccc(S(N)(=O)=O)c1[N+](=O)[O-]. The highest BCUT2D eigenvalue weighted by Gasteiger charge is 2.27. The van der Waals surface area contributed by atoms with Crippen LogP contribution in [0.5, 0.6) is 0 Å². The number of rotatable bonds is 6. The fourth-order valence-electron chi connectivity index (χ4n) is 3.02. The number of anilines is 1. The summed E-state index contributed by atoms with van der Waals surface area (Å²) in [7, 11) is -4.15. The van der Waals surface area contributed by atoms with E-state index in [0.29, 0.717) is 6.54 Å². The van der Waals surface area contributed by atoms with Crippen LogP contribution in [0.4, 0.5) is 11.4 Å². The fourth-order valence-corrected chi connectivity index (χ4v) is 3.74. The molecule has 0 radical (unpaired) electrons. The van der Waals surface area contributed by atoms with E-state index in [2.05, 4.69) is 17.1 Å². The highest BCUT2D eigenvalue weighted by atomic mass is 32.2. The third-order valence-corrected chi connectivity index (χ3v) is 5.11. The lowest BCUT2D eigenvalue weighted by Crippen LogP contribution is -2.43. The number of para-hydroxylation sites is 1. The number of likely N-dealkylation sites (tertiary alicyclic amines) is 1. The number of nitrogens with zero attached hydrogens (tertiary/aromatic N) is 2. The van der Waals surface area contributed by atoms with E-state index in [4.69, 9.17) is 5.14 Å². The van der Waals surface area contributed by atoms with E-state index in [1.807, 2.05) is 0 Å². The number of nitrogens with one attached hydrogen (secondary N) is 1. The van der Waals surface area contributed by atoms with Gasteiger partial charge in [-0.3, -0.25) is 15.0 Å². The minimum atomic E-state index is -4.15. The van der Waals surface area contributed by atoms with Gasteiger partial charge in [0.15, 0.2) is 4.90 Å². The number of nitro benzene ring substituents is 1. The molecular weight excluding hydrogens is 320 g/mol. The zero-order valence-electron chi connectivity index (χ0n) is 13.1. The molecule has 1 aliphatic heterocycles. The molecule has 1 heterocycles. The van der Waals surface area contributed by atoms with Gasteiger partial charge in [-0.25, -0.2) is 13.6 Å². The molecule has 1 aromatic carbocycles. The predicted octanol–water partition coefficient (Wildman–Crippen LogP) is 1.53. The Labute approximate surface area is 135 Å². The number of piperidine rings is 1. The van der Waals surface area contributed by atoms with Crippen molar-refractivity contribution in [3.8, 4) is 0 Å². The molecule has 128 valence electrons. The van der Waals surface area contributed by atoms with Crippen molar-refractivity contribution in [1.82, 2.24) is 4.90 Å². The summed E-state index contributed by atoms with van der Waals surface area (Å²) >= 11 is 0. The lowest BCUT2D eigenvalue weighted by Gasteiger charge is -2.35. The first-order valence-electron chi connectivity index (χ1n) is 7.62. The van der Waals surface area contributed by atoms with Crippen molar-refractivity contribution >= 4 is 21.4 Å². The van der Waals surface area contributed by atoms with Gasteiger partial charge in [0.25, 0.3) is 0 Å². The van der Waals surface area contributed by atoms with Gasteiger partial charge in [0.1, 0.15) is 5.69 Å². The average molecular weight is 342 g/mol. The highest BCUT2D eigenvalue weighted by molar-refractivity contribution is 7.89. The molecule has 0 saturated carbocycles. The van der Waals surface area contributed by atoms with Crippen molar-refractivity contribution in [2.45, 2.75) is 37.1 Å². The van der Waals surface area contributed by atoms with Gasteiger partial charge in [-0.1, -0.05) is 19.4 Å². The van der Waals surface area contributed by atoms with Crippen LogP contribution in [0, 0.1) is 10.1 Å². The van der Waals surface area contributed by atoms with Crippen molar-refractivity contribution < 1.29 is 13.3 Å². The number of likely N-dealkylation sites (N-methyl/N-ethyl adjacent to an activating group) is 1. The Morgan fingerprint density at radius 1 is 1.43 bits per heavy atom. The lowest BCUT2D eigenvalue weighted by molar-refractivity contribution is -0.386. The van der Waals surface area contributed by atoms with Crippen LogP contribution in [-0.2, 0) is 10.0 Å². The Kier molecular flexibility index (Phi) is 5.55. The molecule has 0 aliphatic carbocycles. The van der Waals surface area contributed by atoms with Crippen LogP contribution in [0.25, 0.3) is 0 Å². The lowest BCUT2D eigenvalue weighted by atomic mass is 10.0. The molecule has 1 atom stereocenters. The molecule has 3 N–H and O–H groups in total. The average Bonchev–Trinajstić information content (AvgIpc) is 2.51. The maximum absolute atomic E-state index is 11.6. The second kappa shape index (κ2) is 7.24. The van der Waals surface area contributed by atoms with Gasteiger partial charge in [0, 0.05) is 12.6 Å². The molecule has 8 nitrogen and oxygen atoms in total. The zero-order chi connectivity index (χ0) is 17.0. The van der Waals surface area contributed by atoms with E-state index in [-0.39, 0.29) is 11.7 Å². The molecule has 1 aliphatic rings. The summed E-state index contributed by atoms with van der Waals surface area (Å²) in [6.07, 6.45) is 3.30. The summed E-state index contributed by atoms with van der Waals surface area (Å²) in [6.45, 7) is 4.55. The van der Waals surface area contributed by atoms with Gasteiger partial charge in [0.05, 0.1) is 4.92 Å². The largest absolute Gasteiger partial charge is 0.378 e. The Bertz CT molecular complexity index is 677. The van der Waals surface area contributed by atoms with Crippen LogP contribution >= 0.6 is 0 Å². The van der Waals surface area contributed by atoms with E-state index in [9.17, 15) is 18.5 Å². The molecule has 0 aromatic heterocycles. The first kappa shape index (κ1) is 17.6. The van der Waals surface area contributed by atoms with Crippen LogP contribution < -0.4 is 10.5 Å². The van der Waals surface area contributed by atoms with E-state index in [1.165, 1.54) is 12.1 Å². The number of nitro groups is 1. The monoisotopic (exact) mass is 342 g/mol. The van der Waals surface area contributed by atoms with Crippen LogP contribution in [0.3, 0.4) is 0 Å². The quantitative estimate of drug-likeness (QED) is 0.598. The number of nitrogens with two attached hydrogens (primary N) is 1. The van der Waals surface area contributed by atoms with Gasteiger partial charge >= 0.3 is 5.69 Å². The van der Waals surface area contributed by atoms with Crippen LogP contribution in [0.15, 0.2) is 23.1 Å². The highest BCUT2D eigenvalue weighted by Crippen LogP contribution is 2.31. The molecule has 0 amide bonds. The summed E-state index contributed by atoms with van der Waals surface area (Å²) in [6, 6.07) is 4.39. The Balaban J connectivity index is 2.24. The molecule has 1 fully saturated rings. The number of benzene rings is 1. The van der Waals surface area contributed by atoms with Crippen molar-refractivity contribution in [3.05, 3.63) is 28.3 Å². The molecular formula is C14H22N4O4S. The molecule has 2 rings (SSSR count). The number of sulfonamides is 1. The first-order valence-corrected chi connectivity index (χ1v) is 9.17. The van der Waals surface area contributed by atoms with Crippen molar-refractivity contribution in [3.63, 3.8) is 0 Å². The van der Waals surface area contributed by atoms with E-state index in [1.54, 1.807) is 0 Å². The van der Waals surface area contributed by atoms with Gasteiger partial charge in [-0.2, -0.15) is 0 Å². The third-order valence-electron chi connectivity index (χ3n) is 4.17. The van der Waals surface area contributed by atoms with Crippen molar-refractivity contribution in [2.75, 3.05) is 25.0 Å². The zero-order valence-corrected chi connectivity index (χ0v) is 13.9. The molecule has 23 heavy (non-hydrogen) atoms. The maximum atomic E-state index is 11.6. The summed E-state index contributed by atoms with van der Waals surface area (Å²) in [4.78, 5) is 12.4. The van der Waals surface area contributed by atoms with E-state index in [0.717, 1.165) is 38.4 Å². The van der Waals surface area contributed by atoms with Crippen LogP contribution in [-0.4, -0.2) is 43.9 Å². The van der Waals surface area contributed by atoms with Gasteiger partial charge in [-0.15, -0.1) is 0 Å². The normalized spacial score (nSPS) is 19.5. The van der Waals surface area contributed by atoms with Crippen molar-refractivity contribution in [1.29, 1.82) is 0 Å². The van der Waals surface area contributed by atoms with Gasteiger partial charge in [0.2, 0.25) is 10.0 Å². The molecule has 1 aromatic rings. The number of primary sulfonamides is 1. The minimum absolute atomic E-state index is 0.183. The van der Waals surface area contributed by atoms with Crippen LogP contribution in [0.1, 0.15) is 26.2 Å². The Morgan fingerprint density at radius 2 is 2.17 bits per heavy atom. The maximum Gasteiger partial charge on any atom is 0.312 e. The third kappa shape index (κ3) is 4.18. The summed E-state index contributed by atoms with van der Waals surface area (Å²) < 4.78 is 23.1. The second-order valence-electron chi connectivity index (χ2n) is 5.61. The summed E-state index contributed by atoms with van der Waals surface area (Å²) in [5.74, 6) is 0. The summed E-state index contributed by atoms with van der Waals surface area (Å²) in [5, 5.41) is 19.4. The van der Waals surface area contributed by atoms with Crippen molar-refractivity contribution in [2.24, 2.45) is 5.14 Å².